The molecular formula is C18H29ClN4O2. The molecule has 1 aliphatic rings. The monoisotopic (exact) mass is 368 g/mol. The van der Waals surface area contributed by atoms with Crippen molar-refractivity contribution in [3.05, 3.63) is 29.8 Å². The van der Waals surface area contributed by atoms with Gasteiger partial charge in [0.25, 0.3) is 5.91 Å². The molecule has 0 spiro atoms. The number of nitrogens with zero attached hydrogens (tertiary/aromatic N) is 1. The van der Waals surface area contributed by atoms with Gasteiger partial charge in [-0.1, -0.05) is 19.9 Å². The number of anilines is 1. The predicted molar refractivity (Wildman–Crippen MR) is 103 cm³/mol. The van der Waals surface area contributed by atoms with Gasteiger partial charge in [-0.15, -0.1) is 12.4 Å². The highest BCUT2D eigenvalue weighted by Crippen LogP contribution is 2.20. The van der Waals surface area contributed by atoms with Crippen LogP contribution < -0.4 is 21.3 Å². The lowest BCUT2D eigenvalue weighted by molar-refractivity contribution is 0.0898. The summed E-state index contributed by atoms with van der Waals surface area (Å²) in [5.74, 6) is 0.269. The van der Waals surface area contributed by atoms with E-state index in [4.69, 9.17) is 5.73 Å². The van der Waals surface area contributed by atoms with Crippen LogP contribution in [0.1, 0.15) is 44.0 Å². The summed E-state index contributed by atoms with van der Waals surface area (Å²) >= 11 is 0. The van der Waals surface area contributed by atoms with E-state index in [-0.39, 0.29) is 24.3 Å². The number of benzene rings is 1. The molecule has 1 fully saturated rings. The van der Waals surface area contributed by atoms with E-state index in [9.17, 15) is 9.59 Å². The third-order valence-corrected chi connectivity index (χ3v) is 4.22. The summed E-state index contributed by atoms with van der Waals surface area (Å²) in [5.41, 5.74) is 6.70. The van der Waals surface area contributed by atoms with Gasteiger partial charge in [0.2, 0.25) is 0 Å². The second-order valence-electron chi connectivity index (χ2n) is 7.10. The molecule has 1 saturated heterocycles. The fraction of sp³-hybridized carbons (Fsp3) is 0.556. The molecule has 0 aromatic heterocycles. The largest absolute Gasteiger partial charge is 0.346 e. The van der Waals surface area contributed by atoms with Crippen LogP contribution in [0.3, 0.4) is 0 Å². The van der Waals surface area contributed by atoms with Crippen molar-refractivity contribution in [3.63, 3.8) is 0 Å². The van der Waals surface area contributed by atoms with Crippen molar-refractivity contribution in [2.24, 2.45) is 11.7 Å². The maximum Gasteiger partial charge on any atom is 0.321 e. The van der Waals surface area contributed by atoms with Crippen LogP contribution in [0, 0.1) is 5.92 Å². The normalized spacial score (nSPS) is 16.7. The van der Waals surface area contributed by atoms with Gasteiger partial charge in [0.05, 0.1) is 0 Å². The topological polar surface area (TPSA) is 87.5 Å². The van der Waals surface area contributed by atoms with Crippen LogP contribution in [0.2, 0.25) is 0 Å². The van der Waals surface area contributed by atoms with Gasteiger partial charge in [-0.25, -0.2) is 4.79 Å². The van der Waals surface area contributed by atoms with E-state index in [1.807, 2.05) is 13.0 Å². The first-order chi connectivity index (χ1) is 11.3. The first-order valence-corrected chi connectivity index (χ1v) is 8.52. The highest BCUT2D eigenvalue weighted by Gasteiger charge is 2.27. The van der Waals surface area contributed by atoms with E-state index in [0.717, 1.165) is 18.5 Å². The second kappa shape index (κ2) is 9.06. The average molecular weight is 369 g/mol. The van der Waals surface area contributed by atoms with Crippen molar-refractivity contribution in [1.29, 1.82) is 0 Å². The Balaban J connectivity index is 0.00000312. The predicted octanol–water partition coefficient (Wildman–Crippen LogP) is 2.52. The first-order valence-electron chi connectivity index (χ1n) is 8.52. The van der Waals surface area contributed by atoms with Gasteiger partial charge in [0.1, 0.15) is 0 Å². The Labute approximate surface area is 155 Å². The minimum atomic E-state index is -0.441. The molecule has 0 radical (unpaired) electrons. The maximum atomic E-state index is 12.6. The second-order valence-corrected chi connectivity index (χ2v) is 7.10. The summed E-state index contributed by atoms with van der Waals surface area (Å²) < 4.78 is 0. The number of hydrogen-bond donors (Lipinski definition) is 3. The number of rotatable bonds is 6. The van der Waals surface area contributed by atoms with Gasteiger partial charge in [-0.2, -0.15) is 0 Å². The maximum absolute atomic E-state index is 12.6. The fourth-order valence-electron chi connectivity index (χ4n) is 3.12. The fourth-order valence-corrected chi connectivity index (χ4v) is 3.12. The molecule has 140 valence electrons. The molecule has 3 amide bonds. The lowest BCUT2D eigenvalue weighted by Gasteiger charge is -2.31. The van der Waals surface area contributed by atoms with E-state index in [0.29, 0.717) is 31.1 Å². The van der Waals surface area contributed by atoms with Gasteiger partial charge in [-0.05, 0) is 43.9 Å². The Morgan fingerprint density at radius 1 is 1.44 bits per heavy atom. The van der Waals surface area contributed by atoms with Crippen molar-refractivity contribution in [2.45, 2.75) is 39.2 Å². The molecule has 1 heterocycles. The zero-order valence-electron chi connectivity index (χ0n) is 15.2. The summed E-state index contributed by atoms with van der Waals surface area (Å²) in [5, 5.41) is 5.87. The zero-order chi connectivity index (χ0) is 17.7. The van der Waals surface area contributed by atoms with Crippen LogP contribution in [0.15, 0.2) is 24.3 Å². The van der Waals surface area contributed by atoms with Gasteiger partial charge in [0.15, 0.2) is 0 Å². The Bertz CT molecular complexity index is 608. The number of nitrogens with one attached hydrogen (secondary N) is 2. The van der Waals surface area contributed by atoms with Crippen LogP contribution in [-0.2, 0) is 0 Å². The lowest BCUT2D eigenvalue weighted by atomic mass is 9.90. The van der Waals surface area contributed by atoms with Gasteiger partial charge in [-0.3, -0.25) is 9.69 Å². The third-order valence-electron chi connectivity index (χ3n) is 4.22. The average Bonchev–Trinajstić information content (AvgIpc) is 2.54. The minimum absolute atomic E-state index is 0. The smallest absolute Gasteiger partial charge is 0.321 e. The Kier molecular flexibility index (Phi) is 7.70. The molecule has 0 aliphatic carbocycles. The molecule has 4 N–H and O–H groups in total. The van der Waals surface area contributed by atoms with Crippen LogP contribution in [-0.4, -0.2) is 37.1 Å². The van der Waals surface area contributed by atoms with E-state index >= 15 is 0 Å². The number of urea groups is 1. The van der Waals surface area contributed by atoms with Crippen molar-refractivity contribution < 1.29 is 9.59 Å². The number of halogens is 1. The minimum Gasteiger partial charge on any atom is -0.346 e. The Hall–Kier alpha value is -1.79. The number of carbonyl (C=O) groups excluding carboxylic acids is 2. The molecule has 1 aromatic carbocycles. The molecule has 2 rings (SSSR count). The van der Waals surface area contributed by atoms with Crippen LogP contribution in [0.25, 0.3) is 0 Å². The molecule has 1 unspecified atom stereocenters. The summed E-state index contributed by atoms with van der Waals surface area (Å²) in [6, 6.07) is 7.04. The molecule has 6 nitrogen and oxygen atoms in total. The van der Waals surface area contributed by atoms with Crippen molar-refractivity contribution in [3.8, 4) is 0 Å². The highest BCUT2D eigenvalue weighted by atomic mass is 35.5. The molecule has 1 atom stereocenters. The molecule has 0 bridgehead atoms. The molecule has 25 heavy (non-hydrogen) atoms. The summed E-state index contributed by atoms with van der Waals surface area (Å²) in [6.07, 6.45) is 1.70. The third kappa shape index (κ3) is 5.61. The number of carbonyl (C=O) groups is 2. The zero-order valence-corrected chi connectivity index (χ0v) is 16.0. The van der Waals surface area contributed by atoms with Crippen molar-refractivity contribution >= 4 is 30.0 Å². The van der Waals surface area contributed by atoms with Crippen LogP contribution in [0.5, 0.6) is 0 Å². The van der Waals surface area contributed by atoms with E-state index in [1.165, 1.54) is 0 Å². The quantitative estimate of drug-likeness (QED) is 0.721. The summed E-state index contributed by atoms with van der Waals surface area (Å²) in [7, 11) is 0. The van der Waals surface area contributed by atoms with Crippen molar-refractivity contribution in [2.75, 3.05) is 24.5 Å². The number of hydrogen-bond acceptors (Lipinski definition) is 3. The standard InChI is InChI=1S/C18H28N4O2.ClH/c1-13(2)11-18(3,12-19)21-16(23)14-6-4-7-15(10-14)22-9-5-8-20-17(22)24;/h4,6-7,10,13H,5,8-9,11-12,19H2,1-3H3,(H,20,24)(H,21,23);1H. The Morgan fingerprint density at radius 2 is 2.16 bits per heavy atom. The van der Waals surface area contributed by atoms with E-state index in [1.54, 1.807) is 23.1 Å². The van der Waals surface area contributed by atoms with Crippen molar-refractivity contribution in [1.82, 2.24) is 10.6 Å². The van der Waals surface area contributed by atoms with Gasteiger partial charge >= 0.3 is 6.03 Å². The van der Waals surface area contributed by atoms with Gasteiger partial charge in [0, 0.05) is 36.4 Å². The van der Waals surface area contributed by atoms with E-state index in [2.05, 4.69) is 24.5 Å². The van der Waals surface area contributed by atoms with Crippen LogP contribution >= 0.6 is 12.4 Å². The van der Waals surface area contributed by atoms with Gasteiger partial charge < -0.3 is 16.4 Å². The molecule has 0 saturated carbocycles. The summed E-state index contributed by atoms with van der Waals surface area (Å²) in [4.78, 5) is 26.3. The molecular weight excluding hydrogens is 340 g/mol. The molecule has 7 heteroatoms. The number of nitrogens with two attached hydrogens (primary N) is 1. The molecule has 1 aromatic rings. The lowest BCUT2D eigenvalue weighted by Crippen LogP contribution is -2.52. The van der Waals surface area contributed by atoms with Crippen LogP contribution in [0.4, 0.5) is 10.5 Å². The number of amides is 3. The highest BCUT2D eigenvalue weighted by molar-refractivity contribution is 5.98. The first kappa shape index (κ1) is 21.3. The van der Waals surface area contributed by atoms with E-state index < -0.39 is 5.54 Å². The Morgan fingerprint density at radius 3 is 2.76 bits per heavy atom. The molecule has 1 aliphatic heterocycles. The summed E-state index contributed by atoms with van der Waals surface area (Å²) in [6.45, 7) is 7.91. The SMILES string of the molecule is CC(C)CC(C)(CN)NC(=O)c1cccc(N2CCCNC2=O)c1.Cl.